The molecule has 0 aliphatic carbocycles. The van der Waals surface area contributed by atoms with Gasteiger partial charge in [-0.05, 0) is 12.8 Å². The minimum atomic E-state index is -0.714. The van der Waals surface area contributed by atoms with Gasteiger partial charge in [-0.15, -0.1) is 0 Å². The molecule has 0 aromatic heterocycles. The number of hydrogen-bond acceptors (Lipinski definition) is 7. The van der Waals surface area contributed by atoms with E-state index in [0.717, 1.165) is 90.6 Å². The van der Waals surface area contributed by atoms with Crippen molar-refractivity contribution < 1.29 is 19.8 Å². The van der Waals surface area contributed by atoms with Crippen molar-refractivity contribution in [2.75, 3.05) is 52.4 Å². The molecule has 0 spiro atoms. The van der Waals surface area contributed by atoms with E-state index in [1.807, 2.05) is 0 Å². The highest BCUT2D eigenvalue weighted by Gasteiger charge is 1.98. The van der Waals surface area contributed by atoms with Crippen molar-refractivity contribution in [3.63, 3.8) is 0 Å². The fraction of sp³-hybridized carbons (Fsp3) is 0.900. The lowest BCUT2D eigenvalue weighted by Gasteiger charge is -2.06. The van der Waals surface area contributed by atoms with Gasteiger partial charge >= 0.3 is 11.9 Å². The molecule has 0 radical (unpaired) electrons. The van der Waals surface area contributed by atoms with Gasteiger partial charge in [0.05, 0.1) is 0 Å². The smallest absolute Gasteiger partial charge is 0.303 e. The Kier molecular flexibility index (Phi) is 27.6. The second kappa shape index (κ2) is 26.7. The van der Waals surface area contributed by atoms with Gasteiger partial charge in [-0.3, -0.25) is 9.59 Å². The molecule has 0 unspecified atom stereocenters. The third-order valence-electron chi connectivity index (χ3n) is 4.13. The molecule has 0 saturated carbocycles. The van der Waals surface area contributed by atoms with Gasteiger partial charge in [0.15, 0.2) is 0 Å². The molecular formula is C20H45N5O4. The number of rotatable bonds is 21. The predicted molar refractivity (Wildman–Crippen MR) is 118 cm³/mol. The molecule has 0 aliphatic rings. The molecule has 0 atom stereocenters. The summed E-state index contributed by atoms with van der Waals surface area (Å²) >= 11 is 0. The van der Waals surface area contributed by atoms with Gasteiger partial charge in [0.25, 0.3) is 0 Å². The Morgan fingerprint density at radius 3 is 1.07 bits per heavy atom. The summed E-state index contributed by atoms with van der Waals surface area (Å²) in [5, 5.41) is 26.5. The normalized spacial score (nSPS) is 10.4. The Morgan fingerprint density at radius 2 is 0.793 bits per heavy atom. The molecule has 0 bridgehead atoms. The third-order valence-corrected chi connectivity index (χ3v) is 4.13. The van der Waals surface area contributed by atoms with Gasteiger partial charge in [-0.1, -0.05) is 38.5 Å². The molecule has 0 heterocycles. The molecule has 9 heteroatoms. The highest BCUT2D eigenvalue weighted by molar-refractivity contribution is 5.66. The van der Waals surface area contributed by atoms with Crippen molar-refractivity contribution in [2.24, 2.45) is 11.5 Å². The molecule has 29 heavy (non-hydrogen) atoms. The van der Waals surface area contributed by atoms with E-state index in [1.165, 1.54) is 0 Å². The number of carboxylic acids is 2. The molecule has 9 nitrogen and oxygen atoms in total. The number of aliphatic carboxylic acids is 2. The van der Waals surface area contributed by atoms with Crippen molar-refractivity contribution in [2.45, 2.75) is 64.2 Å². The number of nitrogens with one attached hydrogen (secondary N) is 3. The van der Waals surface area contributed by atoms with E-state index in [9.17, 15) is 9.59 Å². The first kappa shape index (κ1) is 29.9. The van der Waals surface area contributed by atoms with Gasteiger partial charge in [0.2, 0.25) is 0 Å². The second-order valence-corrected chi connectivity index (χ2v) is 6.94. The van der Waals surface area contributed by atoms with Crippen LogP contribution < -0.4 is 27.4 Å². The van der Waals surface area contributed by atoms with Crippen LogP contribution in [-0.2, 0) is 9.59 Å². The fourth-order valence-electron chi connectivity index (χ4n) is 2.55. The summed E-state index contributed by atoms with van der Waals surface area (Å²) in [4.78, 5) is 20.4. The monoisotopic (exact) mass is 419 g/mol. The van der Waals surface area contributed by atoms with Crippen LogP contribution in [0.15, 0.2) is 0 Å². The van der Waals surface area contributed by atoms with Gasteiger partial charge < -0.3 is 37.6 Å². The Morgan fingerprint density at radius 1 is 0.517 bits per heavy atom. The highest BCUT2D eigenvalue weighted by Crippen LogP contribution is 2.10. The summed E-state index contributed by atoms with van der Waals surface area (Å²) in [6, 6.07) is 0. The number of hydrogen-bond donors (Lipinski definition) is 7. The Hall–Kier alpha value is -1.26. The second-order valence-electron chi connectivity index (χ2n) is 6.94. The summed E-state index contributed by atoms with van der Waals surface area (Å²) in [5.41, 5.74) is 10.6. The van der Waals surface area contributed by atoms with Gasteiger partial charge in [0, 0.05) is 65.2 Å². The fourth-order valence-corrected chi connectivity index (χ4v) is 2.55. The number of nitrogens with two attached hydrogens (primary N) is 2. The SMILES string of the molecule is NCCNCCNCCNCCN.O=C(O)CCCCCCCCCCC(=O)O. The molecule has 0 saturated heterocycles. The summed E-state index contributed by atoms with van der Waals surface area (Å²) in [6.07, 6.45) is 8.51. The summed E-state index contributed by atoms with van der Waals surface area (Å²) < 4.78 is 0. The van der Waals surface area contributed by atoms with E-state index in [1.54, 1.807) is 0 Å². The van der Waals surface area contributed by atoms with E-state index < -0.39 is 11.9 Å². The molecule has 0 amide bonds. The Labute approximate surface area is 176 Å². The van der Waals surface area contributed by atoms with Crippen LogP contribution in [0.3, 0.4) is 0 Å². The number of unbranched alkanes of at least 4 members (excludes halogenated alkanes) is 7. The minimum absolute atomic E-state index is 0.276. The first-order valence-corrected chi connectivity index (χ1v) is 11.0. The van der Waals surface area contributed by atoms with E-state index >= 15 is 0 Å². The van der Waals surface area contributed by atoms with Crippen LogP contribution in [0.5, 0.6) is 0 Å². The van der Waals surface area contributed by atoms with E-state index in [0.29, 0.717) is 13.1 Å². The lowest BCUT2D eigenvalue weighted by molar-refractivity contribution is -0.138. The zero-order valence-corrected chi connectivity index (χ0v) is 18.1. The van der Waals surface area contributed by atoms with E-state index in [2.05, 4.69) is 16.0 Å². The molecule has 9 N–H and O–H groups in total. The zero-order chi connectivity index (χ0) is 22.0. The molecule has 174 valence electrons. The Bertz CT molecular complexity index is 328. The molecular weight excluding hydrogens is 374 g/mol. The van der Waals surface area contributed by atoms with Crippen LogP contribution in [0.2, 0.25) is 0 Å². The van der Waals surface area contributed by atoms with Gasteiger partial charge in [0.1, 0.15) is 0 Å². The molecule has 0 aliphatic heterocycles. The largest absolute Gasteiger partial charge is 0.481 e. The molecule has 0 fully saturated rings. The average molecular weight is 420 g/mol. The van der Waals surface area contributed by atoms with Crippen LogP contribution >= 0.6 is 0 Å². The molecule has 0 aromatic rings. The van der Waals surface area contributed by atoms with E-state index in [-0.39, 0.29) is 12.8 Å². The summed E-state index contributed by atoms with van der Waals surface area (Å²) in [5.74, 6) is -1.43. The topological polar surface area (TPSA) is 163 Å². The van der Waals surface area contributed by atoms with Gasteiger partial charge in [-0.25, -0.2) is 0 Å². The molecule has 0 aromatic carbocycles. The van der Waals surface area contributed by atoms with Crippen molar-refractivity contribution in [1.82, 2.24) is 16.0 Å². The van der Waals surface area contributed by atoms with Crippen LogP contribution in [-0.4, -0.2) is 74.5 Å². The Balaban J connectivity index is 0. The maximum Gasteiger partial charge on any atom is 0.303 e. The maximum atomic E-state index is 10.2. The first-order chi connectivity index (χ1) is 14.0. The van der Waals surface area contributed by atoms with Crippen molar-refractivity contribution in [1.29, 1.82) is 0 Å². The van der Waals surface area contributed by atoms with Crippen LogP contribution in [0.25, 0.3) is 0 Å². The molecule has 0 rings (SSSR count). The third kappa shape index (κ3) is 34.6. The predicted octanol–water partition coefficient (Wildman–Crippen LogP) is 0.729. The quantitative estimate of drug-likeness (QED) is 0.133. The first-order valence-electron chi connectivity index (χ1n) is 11.0. The average Bonchev–Trinajstić information content (AvgIpc) is 2.68. The summed E-state index contributed by atoms with van der Waals surface area (Å²) in [7, 11) is 0. The minimum Gasteiger partial charge on any atom is -0.481 e. The lowest BCUT2D eigenvalue weighted by Crippen LogP contribution is -2.35. The zero-order valence-electron chi connectivity index (χ0n) is 18.1. The highest BCUT2D eigenvalue weighted by atomic mass is 16.4. The standard InChI is InChI=1S/C12H22O4.C8H23N5/c13-11(14)9-7-5-3-1-2-4-6-8-10-12(15)16;9-1-3-11-5-7-13-8-6-12-4-2-10/h1-10H2,(H,13,14)(H,15,16);11-13H,1-10H2. The van der Waals surface area contributed by atoms with Crippen LogP contribution in [0.1, 0.15) is 64.2 Å². The lowest BCUT2D eigenvalue weighted by atomic mass is 10.1. The van der Waals surface area contributed by atoms with Crippen molar-refractivity contribution in [3.8, 4) is 0 Å². The number of carbonyl (C=O) groups is 2. The van der Waals surface area contributed by atoms with Crippen molar-refractivity contribution in [3.05, 3.63) is 0 Å². The summed E-state index contributed by atoms with van der Waals surface area (Å²) in [6.45, 7) is 7.15. The van der Waals surface area contributed by atoms with Crippen molar-refractivity contribution >= 4 is 11.9 Å². The van der Waals surface area contributed by atoms with Crippen LogP contribution in [0.4, 0.5) is 0 Å². The van der Waals surface area contributed by atoms with E-state index in [4.69, 9.17) is 21.7 Å². The van der Waals surface area contributed by atoms with Gasteiger partial charge in [-0.2, -0.15) is 0 Å². The maximum absolute atomic E-state index is 10.2. The van der Waals surface area contributed by atoms with Crippen LogP contribution in [0, 0.1) is 0 Å². The number of carboxylic acid groups (broad SMARTS) is 2.